The van der Waals surface area contributed by atoms with E-state index in [-0.39, 0.29) is 58.9 Å². The number of hydrogen-bond donors (Lipinski definition) is 0. The van der Waals surface area contributed by atoms with E-state index in [0.717, 1.165) is 25.7 Å². The average molecular weight is 463 g/mol. The first-order valence-electron chi connectivity index (χ1n) is 13.5. The lowest BCUT2D eigenvalue weighted by molar-refractivity contribution is -0.911. The molecule has 4 aliphatic carbocycles. The van der Waals surface area contributed by atoms with Crippen molar-refractivity contribution in [2.24, 2.45) is 33.5 Å². The molecule has 0 aliphatic heterocycles. The molecule has 4 saturated carbocycles. The van der Waals surface area contributed by atoms with Crippen molar-refractivity contribution < 1.29 is 23.5 Å². The van der Waals surface area contributed by atoms with Crippen LogP contribution in [0.15, 0.2) is 0 Å². The summed E-state index contributed by atoms with van der Waals surface area (Å²) in [6.07, 6.45) is 6.70. The SMILES string of the molecule is CC[N+](CC)(CC(=O)O[C@H]1C[C@H]2CC[C@@]1(C)C2(C)C)CC(=O)O[C@H]1C[C@H]2CC[C@@]1(C)C2(C)C. The predicted octanol–water partition coefficient (Wildman–Crippen LogP) is 5.36. The molecule has 4 aliphatic rings. The molecular weight excluding hydrogens is 414 g/mol. The lowest BCUT2D eigenvalue weighted by atomic mass is 9.70. The third-order valence-electron chi connectivity index (χ3n) is 12.2. The molecular formula is C28H48NO4+. The van der Waals surface area contributed by atoms with Crippen LogP contribution in [0.2, 0.25) is 0 Å². The number of rotatable bonds is 8. The van der Waals surface area contributed by atoms with Crippen LogP contribution in [0, 0.1) is 33.5 Å². The molecule has 0 spiro atoms. The number of quaternary nitrogens is 1. The lowest BCUT2D eigenvalue weighted by Crippen LogP contribution is -2.55. The maximum absolute atomic E-state index is 13.1. The molecule has 0 aromatic rings. The number of likely N-dealkylation sites (N-methyl/N-ethyl adjacent to an activating group) is 1. The highest BCUT2D eigenvalue weighted by molar-refractivity contribution is 5.73. The van der Waals surface area contributed by atoms with Crippen molar-refractivity contribution in [2.45, 2.75) is 106 Å². The minimum atomic E-state index is -0.158. The van der Waals surface area contributed by atoms with E-state index in [0.29, 0.717) is 29.4 Å². The van der Waals surface area contributed by atoms with Gasteiger partial charge in [0.15, 0.2) is 13.1 Å². The Morgan fingerprint density at radius 3 is 1.33 bits per heavy atom. The van der Waals surface area contributed by atoms with Crippen molar-refractivity contribution >= 4 is 11.9 Å². The standard InChI is InChI=1S/C28H48NO4/c1-9-29(10-2,17-23(30)32-21-15-19-11-13-27(21,7)25(19,3)4)18-24(31)33-22-16-20-12-14-28(22,8)26(20,5)6/h19-22H,9-18H2,1-8H3/q+1/t19-,20-,21+,22+,27-,28-/m1/s1. The van der Waals surface area contributed by atoms with Crippen molar-refractivity contribution in [3.8, 4) is 0 Å². The number of carbonyl (C=O) groups excluding carboxylic acids is 2. The van der Waals surface area contributed by atoms with Crippen LogP contribution in [0.1, 0.15) is 93.9 Å². The van der Waals surface area contributed by atoms with Crippen LogP contribution in [0.5, 0.6) is 0 Å². The van der Waals surface area contributed by atoms with Gasteiger partial charge in [-0.3, -0.25) is 0 Å². The fraction of sp³-hybridized carbons (Fsp3) is 0.929. The van der Waals surface area contributed by atoms with Crippen molar-refractivity contribution in [3.63, 3.8) is 0 Å². The molecule has 4 fully saturated rings. The largest absolute Gasteiger partial charge is 0.458 e. The fourth-order valence-electron chi connectivity index (χ4n) is 8.28. The molecule has 4 rings (SSSR count). The monoisotopic (exact) mass is 462 g/mol. The smallest absolute Gasteiger partial charge is 0.362 e. The molecule has 0 unspecified atom stereocenters. The summed E-state index contributed by atoms with van der Waals surface area (Å²) in [5.74, 6) is 0.960. The zero-order chi connectivity index (χ0) is 24.4. The van der Waals surface area contributed by atoms with Gasteiger partial charge in [0, 0.05) is 10.8 Å². The van der Waals surface area contributed by atoms with E-state index >= 15 is 0 Å². The first kappa shape index (κ1) is 25.0. The number of esters is 2. The van der Waals surface area contributed by atoms with E-state index < -0.39 is 0 Å². The number of ether oxygens (including phenoxy) is 2. The van der Waals surface area contributed by atoms with Gasteiger partial charge in [0.2, 0.25) is 0 Å². The Labute approximate surface area is 201 Å². The summed E-state index contributed by atoms with van der Waals surface area (Å²) in [5.41, 5.74) is 0.552. The van der Waals surface area contributed by atoms with Crippen LogP contribution in [0.25, 0.3) is 0 Å². The van der Waals surface area contributed by atoms with Gasteiger partial charge in [0.05, 0.1) is 13.1 Å². The van der Waals surface area contributed by atoms with Crippen LogP contribution < -0.4 is 0 Å². The lowest BCUT2D eigenvalue weighted by Gasteiger charge is -2.40. The first-order chi connectivity index (χ1) is 15.2. The Morgan fingerprint density at radius 2 is 1.09 bits per heavy atom. The highest BCUT2D eigenvalue weighted by atomic mass is 16.6. The summed E-state index contributed by atoms with van der Waals surface area (Å²) in [6.45, 7) is 20.0. The molecule has 4 bridgehead atoms. The molecule has 0 N–H and O–H groups in total. The highest BCUT2D eigenvalue weighted by Crippen LogP contribution is 2.67. The van der Waals surface area contributed by atoms with Gasteiger partial charge in [-0.05, 0) is 75.0 Å². The second kappa shape index (κ2) is 7.96. The van der Waals surface area contributed by atoms with E-state index in [1.165, 1.54) is 12.8 Å². The van der Waals surface area contributed by atoms with Crippen molar-refractivity contribution in [3.05, 3.63) is 0 Å². The third-order valence-corrected chi connectivity index (χ3v) is 12.2. The Kier molecular flexibility index (Phi) is 6.03. The second-order valence-corrected chi connectivity index (χ2v) is 13.5. The fourth-order valence-corrected chi connectivity index (χ4v) is 8.28. The van der Waals surface area contributed by atoms with Crippen LogP contribution in [-0.2, 0) is 19.1 Å². The Bertz CT molecular complexity index is 738. The normalized spacial score (nSPS) is 40.2. The summed E-state index contributed by atoms with van der Waals surface area (Å²) < 4.78 is 12.7. The van der Waals surface area contributed by atoms with Gasteiger partial charge in [0.25, 0.3) is 0 Å². The Balaban J connectivity index is 1.38. The zero-order valence-corrected chi connectivity index (χ0v) is 22.5. The number of hydrogen-bond acceptors (Lipinski definition) is 4. The quantitative estimate of drug-likeness (QED) is 0.360. The number of fused-ring (bicyclic) bond motifs is 4. The van der Waals surface area contributed by atoms with Gasteiger partial charge in [-0.2, -0.15) is 0 Å². The third kappa shape index (κ3) is 3.58. The zero-order valence-electron chi connectivity index (χ0n) is 22.5. The summed E-state index contributed by atoms with van der Waals surface area (Å²) in [7, 11) is 0. The molecule has 188 valence electrons. The van der Waals surface area contributed by atoms with Gasteiger partial charge < -0.3 is 14.0 Å². The van der Waals surface area contributed by atoms with Crippen molar-refractivity contribution in [1.82, 2.24) is 0 Å². The summed E-state index contributed by atoms with van der Waals surface area (Å²) in [4.78, 5) is 26.3. The maximum Gasteiger partial charge on any atom is 0.362 e. The van der Waals surface area contributed by atoms with Crippen molar-refractivity contribution in [2.75, 3.05) is 26.2 Å². The molecule has 0 radical (unpaired) electrons. The van der Waals surface area contributed by atoms with E-state index in [4.69, 9.17) is 9.47 Å². The van der Waals surface area contributed by atoms with E-state index in [2.05, 4.69) is 55.4 Å². The summed E-state index contributed by atoms with van der Waals surface area (Å²) >= 11 is 0. The van der Waals surface area contributed by atoms with Gasteiger partial charge in [-0.1, -0.05) is 41.5 Å². The van der Waals surface area contributed by atoms with E-state index in [1.807, 2.05) is 0 Å². The predicted molar refractivity (Wildman–Crippen MR) is 129 cm³/mol. The minimum Gasteiger partial charge on any atom is -0.458 e. The van der Waals surface area contributed by atoms with E-state index in [9.17, 15) is 9.59 Å². The van der Waals surface area contributed by atoms with Crippen molar-refractivity contribution in [1.29, 1.82) is 0 Å². The summed E-state index contributed by atoms with van der Waals surface area (Å²) in [5, 5.41) is 0. The van der Waals surface area contributed by atoms with Crippen LogP contribution in [0.4, 0.5) is 0 Å². The van der Waals surface area contributed by atoms with E-state index in [1.54, 1.807) is 0 Å². The number of nitrogens with zero attached hydrogens (tertiary/aromatic N) is 1. The Morgan fingerprint density at radius 1 is 0.727 bits per heavy atom. The van der Waals surface area contributed by atoms with Crippen LogP contribution in [-0.4, -0.2) is 54.8 Å². The highest BCUT2D eigenvalue weighted by Gasteiger charge is 2.64. The Hall–Kier alpha value is -1.10. The second-order valence-electron chi connectivity index (χ2n) is 13.5. The molecule has 0 saturated heterocycles. The van der Waals surface area contributed by atoms with Gasteiger partial charge in [-0.25, -0.2) is 9.59 Å². The molecule has 0 aromatic heterocycles. The summed E-state index contributed by atoms with van der Waals surface area (Å²) in [6, 6.07) is 0. The molecule has 0 heterocycles. The maximum atomic E-state index is 13.1. The molecule has 5 heteroatoms. The topological polar surface area (TPSA) is 52.6 Å². The molecule has 0 aromatic carbocycles. The first-order valence-corrected chi connectivity index (χ1v) is 13.5. The van der Waals surface area contributed by atoms with Gasteiger partial charge >= 0.3 is 11.9 Å². The van der Waals surface area contributed by atoms with Gasteiger partial charge in [0.1, 0.15) is 12.2 Å². The van der Waals surface area contributed by atoms with Crippen LogP contribution >= 0.6 is 0 Å². The van der Waals surface area contributed by atoms with Crippen LogP contribution in [0.3, 0.4) is 0 Å². The number of carbonyl (C=O) groups is 2. The molecule has 6 atom stereocenters. The molecule has 33 heavy (non-hydrogen) atoms. The molecule has 5 nitrogen and oxygen atoms in total. The average Bonchev–Trinajstić information content (AvgIpc) is 3.25. The molecule has 0 amide bonds. The minimum absolute atomic E-state index is 0.00228. The van der Waals surface area contributed by atoms with Gasteiger partial charge in [-0.15, -0.1) is 0 Å².